The SMILES string of the molecule is CCNc1ccc(NC(=O)CN2CCOCC2[N+](=O)[O-])cc1. The first-order valence-electron chi connectivity index (χ1n) is 7.19. The highest BCUT2D eigenvalue weighted by Crippen LogP contribution is 2.14. The van der Waals surface area contributed by atoms with E-state index in [0.717, 1.165) is 12.2 Å². The molecule has 1 aromatic rings. The van der Waals surface area contributed by atoms with Crippen LogP contribution in [-0.2, 0) is 9.53 Å². The number of carbonyl (C=O) groups is 1. The van der Waals surface area contributed by atoms with Gasteiger partial charge in [-0.05, 0) is 31.2 Å². The van der Waals surface area contributed by atoms with Gasteiger partial charge in [0.05, 0.1) is 13.2 Å². The van der Waals surface area contributed by atoms with Crippen LogP contribution in [0.15, 0.2) is 24.3 Å². The summed E-state index contributed by atoms with van der Waals surface area (Å²) < 4.78 is 5.09. The Kier molecular flexibility index (Phi) is 5.68. The summed E-state index contributed by atoms with van der Waals surface area (Å²) >= 11 is 0. The standard InChI is InChI=1S/C14H20N4O4/c1-2-15-11-3-5-12(6-4-11)16-13(19)9-17-7-8-22-10-14(17)18(20)21/h3-6,14-15H,2,7-10H2,1H3,(H,16,19). The lowest BCUT2D eigenvalue weighted by Gasteiger charge is -2.28. The van der Waals surface area contributed by atoms with Crippen molar-refractivity contribution >= 4 is 17.3 Å². The lowest BCUT2D eigenvalue weighted by molar-refractivity contribution is -0.559. The van der Waals surface area contributed by atoms with Gasteiger partial charge < -0.3 is 15.4 Å². The second kappa shape index (κ2) is 7.71. The molecule has 22 heavy (non-hydrogen) atoms. The van der Waals surface area contributed by atoms with Gasteiger partial charge in [0.15, 0.2) is 0 Å². The Balaban J connectivity index is 1.90. The van der Waals surface area contributed by atoms with Gasteiger partial charge in [-0.25, -0.2) is 4.90 Å². The number of anilines is 2. The van der Waals surface area contributed by atoms with Gasteiger partial charge in [-0.3, -0.25) is 14.9 Å². The fourth-order valence-corrected chi connectivity index (χ4v) is 2.26. The molecule has 1 fully saturated rings. The first kappa shape index (κ1) is 16.2. The predicted octanol–water partition coefficient (Wildman–Crippen LogP) is 0.992. The topological polar surface area (TPSA) is 96.7 Å². The molecule has 8 heteroatoms. The van der Waals surface area contributed by atoms with Crippen LogP contribution in [-0.4, -0.2) is 54.7 Å². The van der Waals surface area contributed by atoms with E-state index in [9.17, 15) is 14.9 Å². The second-order valence-electron chi connectivity index (χ2n) is 4.97. The maximum atomic E-state index is 12.0. The van der Waals surface area contributed by atoms with Crippen LogP contribution in [0, 0.1) is 10.1 Å². The summed E-state index contributed by atoms with van der Waals surface area (Å²) in [6, 6.07) is 7.32. The molecule has 1 aromatic carbocycles. The molecule has 2 N–H and O–H groups in total. The third-order valence-electron chi connectivity index (χ3n) is 3.35. The molecule has 8 nitrogen and oxygen atoms in total. The van der Waals surface area contributed by atoms with Crippen molar-refractivity contribution < 1.29 is 14.5 Å². The monoisotopic (exact) mass is 308 g/mol. The van der Waals surface area contributed by atoms with E-state index in [0.29, 0.717) is 18.8 Å². The average molecular weight is 308 g/mol. The number of benzene rings is 1. The Hall–Kier alpha value is -2.19. The van der Waals surface area contributed by atoms with Crippen LogP contribution in [0.4, 0.5) is 11.4 Å². The van der Waals surface area contributed by atoms with Crippen molar-refractivity contribution in [2.24, 2.45) is 0 Å². The Morgan fingerprint density at radius 3 is 2.73 bits per heavy atom. The van der Waals surface area contributed by atoms with Crippen LogP contribution in [0.1, 0.15) is 6.92 Å². The molecule has 0 aliphatic carbocycles. The average Bonchev–Trinajstić information content (AvgIpc) is 2.50. The molecule has 0 radical (unpaired) electrons. The number of carbonyl (C=O) groups excluding carboxylic acids is 1. The molecule has 1 unspecified atom stereocenters. The fraction of sp³-hybridized carbons (Fsp3) is 0.500. The molecule has 0 saturated carbocycles. The molecule has 120 valence electrons. The summed E-state index contributed by atoms with van der Waals surface area (Å²) in [6.45, 7) is 3.59. The Labute approximate surface area is 128 Å². The van der Waals surface area contributed by atoms with E-state index in [-0.39, 0.29) is 19.1 Å². The third-order valence-corrected chi connectivity index (χ3v) is 3.35. The number of nitrogens with zero attached hydrogens (tertiary/aromatic N) is 2. The van der Waals surface area contributed by atoms with E-state index < -0.39 is 11.1 Å². The van der Waals surface area contributed by atoms with Gasteiger partial charge >= 0.3 is 0 Å². The minimum absolute atomic E-state index is 0.0116. The Morgan fingerprint density at radius 2 is 2.09 bits per heavy atom. The smallest absolute Gasteiger partial charge is 0.292 e. The molecule has 0 spiro atoms. The van der Waals surface area contributed by atoms with Crippen molar-refractivity contribution in [3.63, 3.8) is 0 Å². The molecule has 1 aliphatic heterocycles. The minimum Gasteiger partial charge on any atom is -0.385 e. The quantitative estimate of drug-likeness (QED) is 0.601. The van der Waals surface area contributed by atoms with Crippen molar-refractivity contribution in [2.75, 3.05) is 43.5 Å². The molecule has 0 bridgehead atoms. The summed E-state index contributed by atoms with van der Waals surface area (Å²) in [5.41, 5.74) is 1.64. The number of rotatable bonds is 6. The number of ether oxygens (including phenoxy) is 1. The van der Waals surface area contributed by atoms with E-state index in [1.165, 1.54) is 4.90 Å². The molecule has 2 rings (SSSR count). The summed E-state index contributed by atoms with van der Waals surface area (Å²) in [7, 11) is 0. The van der Waals surface area contributed by atoms with Crippen molar-refractivity contribution in [3.05, 3.63) is 34.4 Å². The van der Waals surface area contributed by atoms with E-state index >= 15 is 0 Å². The number of nitro groups is 1. The van der Waals surface area contributed by atoms with Gasteiger partial charge in [0.25, 0.3) is 6.17 Å². The maximum Gasteiger partial charge on any atom is 0.292 e. The summed E-state index contributed by atoms with van der Waals surface area (Å²) in [5, 5.41) is 16.9. The van der Waals surface area contributed by atoms with E-state index in [2.05, 4.69) is 10.6 Å². The number of amides is 1. The third kappa shape index (κ3) is 4.40. The highest BCUT2D eigenvalue weighted by Gasteiger charge is 2.33. The van der Waals surface area contributed by atoms with Crippen molar-refractivity contribution in [2.45, 2.75) is 13.1 Å². The normalized spacial score (nSPS) is 18.7. The maximum absolute atomic E-state index is 12.0. The molecular weight excluding hydrogens is 288 g/mol. The zero-order chi connectivity index (χ0) is 15.9. The molecule has 0 aromatic heterocycles. The number of morpholine rings is 1. The van der Waals surface area contributed by atoms with Crippen molar-refractivity contribution in [1.82, 2.24) is 4.90 Å². The highest BCUT2D eigenvalue weighted by atomic mass is 16.6. The van der Waals surface area contributed by atoms with Crippen LogP contribution in [0.25, 0.3) is 0 Å². The zero-order valence-electron chi connectivity index (χ0n) is 12.4. The van der Waals surface area contributed by atoms with Crippen LogP contribution in [0.2, 0.25) is 0 Å². The summed E-state index contributed by atoms with van der Waals surface area (Å²) in [4.78, 5) is 24.1. The van der Waals surface area contributed by atoms with E-state index in [1.54, 1.807) is 12.1 Å². The highest BCUT2D eigenvalue weighted by molar-refractivity contribution is 5.92. The molecule has 1 amide bonds. The molecular formula is C14H20N4O4. The van der Waals surface area contributed by atoms with Gasteiger partial charge in [-0.2, -0.15) is 0 Å². The van der Waals surface area contributed by atoms with Gasteiger partial charge in [0.1, 0.15) is 6.61 Å². The van der Waals surface area contributed by atoms with Gasteiger partial charge in [-0.1, -0.05) is 0 Å². The first-order chi connectivity index (χ1) is 10.6. The van der Waals surface area contributed by atoms with E-state index in [1.807, 2.05) is 19.1 Å². The number of hydrogen-bond acceptors (Lipinski definition) is 6. The van der Waals surface area contributed by atoms with Gasteiger partial charge in [0, 0.05) is 29.4 Å². The Bertz CT molecular complexity index is 520. The molecule has 1 aliphatic rings. The first-order valence-corrected chi connectivity index (χ1v) is 7.19. The molecule has 1 saturated heterocycles. The second-order valence-corrected chi connectivity index (χ2v) is 4.97. The molecule has 1 atom stereocenters. The fourth-order valence-electron chi connectivity index (χ4n) is 2.26. The largest absolute Gasteiger partial charge is 0.385 e. The molecule has 1 heterocycles. The number of nitrogens with one attached hydrogen (secondary N) is 2. The Morgan fingerprint density at radius 1 is 1.41 bits per heavy atom. The summed E-state index contributed by atoms with van der Waals surface area (Å²) in [6.07, 6.45) is -0.962. The predicted molar refractivity (Wildman–Crippen MR) is 82.4 cm³/mol. The van der Waals surface area contributed by atoms with Crippen LogP contribution >= 0.6 is 0 Å². The van der Waals surface area contributed by atoms with Crippen LogP contribution in [0.5, 0.6) is 0 Å². The lowest BCUT2D eigenvalue weighted by Crippen LogP contribution is -2.52. The number of hydrogen-bond donors (Lipinski definition) is 2. The van der Waals surface area contributed by atoms with Crippen LogP contribution in [0.3, 0.4) is 0 Å². The zero-order valence-corrected chi connectivity index (χ0v) is 12.4. The van der Waals surface area contributed by atoms with Gasteiger partial charge in [-0.15, -0.1) is 0 Å². The van der Waals surface area contributed by atoms with Gasteiger partial charge in [0.2, 0.25) is 5.91 Å². The van der Waals surface area contributed by atoms with Crippen LogP contribution < -0.4 is 10.6 Å². The van der Waals surface area contributed by atoms with E-state index in [4.69, 9.17) is 4.74 Å². The minimum atomic E-state index is -0.962. The lowest BCUT2D eigenvalue weighted by atomic mass is 10.2. The summed E-state index contributed by atoms with van der Waals surface area (Å²) in [5.74, 6) is -0.273. The van der Waals surface area contributed by atoms with Crippen molar-refractivity contribution in [3.8, 4) is 0 Å². The van der Waals surface area contributed by atoms with Crippen molar-refractivity contribution in [1.29, 1.82) is 0 Å².